The molecule has 0 rings (SSSR count). The van der Waals surface area contributed by atoms with E-state index in [-0.39, 0.29) is 25.7 Å². The van der Waals surface area contributed by atoms with Gasteiger partial charge in [0.1, 0.15) is 19.3 Å². The van der Waals surface area contributed by atoms with E-state index in [1.54, 1.807) is 0 Å². The average Bonchev–Trinajstić information content (AvgIpc) is 1.44. The summed E-state index contributed by atoms with van der Waals surface area (Å²) in [4.78, 5) is 73.0. The van der Waals surface area contributed by atoms with Gasteiger partial charge >= 0.3 is 39.5 Å². The molecule has 0 spiro atoms. The van der Waals surface area contributed by atoms with Gasteiger partial charge in [-0.05, 0) is 37.5 Å². The summed E-state index contributed by atoms with van der Waals surface area (Å²) in [5.41, 5.74) is 0. The molecule has 0 heterocycles. The third-order valence-electron chi connectivity index (χ3n) is 18.6. The molecule has 0 bridgehead atoms. The lowest BCUT2D eigenvalue weighted by Gasteiger charge is -2.21. The smallest absolute Gasteiger partial charge is 0.462 e. The third-order valence-corrected chi connectivity index (χ3v) is 20.5. The van der Waals surface area contributed by atoms with Crippen LogP contribution in [0.2, 0.25) is 0 Å². The van der Waals surface area contributed by atoms with Crippen LogP contribution in [-0.2, 0) is 65.4 Å². The Kier molecular flexibility index (Phi) is 68.4. The zero-order valence-electron chi connectivity index (χ0n) is 63.4. The first-order valence-corrected chi connectivity index (χ1v) is 43.5. The molecule has 0 amide bonds. The summed E-state index contributed by atoms with van der Waals surface area (Å²) in [5.74, 6) is -0.536. The van der Waals surface area contributed by atoms with Crippen LogP contribution < -0.4 is 0 Å². The largest absolute Gasteiger partial charge is 0.472 e. The minimum atomic E-state index is -4.96. The molecule has 3 unspecified atom stereocenters. The summed E-state index contributed by atoms with van der Waals surface area (Å²) in [7, 11) is -9.92. The Bertz CT molecular complexity index is 1870. The third kappa shape index (κ3) is 70.9. The number of hydrogen-bond donors (Lipinski definition) is 3. The van der Waals surface area contributed by atoms with Crippen molar-refractivity contribution in [2.75, 3.05) is 39.6 Å². The van der Waals surface area contributed by atoms with Crippen molar-refractivity contribution in [3.63, 3.8) is 0 Å². The van der Waals surface area contributed by atoms with Gasteiger partial charge in [0.05, 0.1) is 26.4 Å². The summed E-state index contributed by atoms with van der Waals surface area (Å²) < 4.78 is 68.7. The number of aliphatic hydroxyl groups is 1. The zero-order chi connectivity index (χ0) is 71.4. The van der Waals surface area contributed by atoms with E-state index < -0.39 is 97.5 Å². The van der Waals surface area contributed by atoms with Crippen LogP contribution in [0.1, 0.15) is 408 Å². The first-order valence-electron chi connectivity index (χ1n) is 40.5. The molecule has 0 fully saturated rings. The van der Waals surface area contributed by atoms with E-state index in [1.807, 2.05) is 0 Å². The lowest BCUT2D eigenvalue weighted by atomic mass is 9.99. The fraction of sp³-hybridized carbons (Fsp3) is 0.949. The standard InChI is InChI=1S/C78H152O17P2/c1-7-10-12-14-16-18-20-22-23-24-26-30-38-44-50-56-62-77(82)94-73(66-89-76(81)61-55-49-43-37-31-27-28-34-40-46-52-58-70(4)5)68-92-96(84,85)90-64-72(79)65-91-97(86,87)93-69-74(67-88-75(80)60-54-48-42-36-29-25-21-19-17-15-13-11-8-2)95-78(83)63-57-51-45-39-33-32-35-41-47-53-59-71(6)9-3/h70-74,79H,7-69H2,1-6H3,(H,84,85)(H,86,87)/t71?,72-,73-,74-/m1/s1. The highest BCUT2D eigenvalue weighted by Gasteiger charge is 2.30. The molecule has 0 saturated carbocycles. The summed E-state index contributed by atoms with van der Waals surface area (Å²) in [6.07, 6.45) is 58.0. The van der Waals surface area contributed by atoms with Gasteiger partial charge in [-0.15, -0.1) is 0 Å². The van der Waals surface area contributed by atoms with E-state index >= 15 is 0 Å². The SMILES string of the molecule is CCCCCCCCCCCCCCCCCCC(=O)O[C@H](COC(=O)CCCCCCCCCCCCCC(C)C)COP(=O)(O)OC[C@@H](O)COP(=O)(O)OC[C@@H](COC(=O)CCCCCCCCCCCCCCC)OC(=O)CCCCCCCCCCCCC(C)CC. The molecular formula is C78H152O17P2. The number of aliphatic hydroxyl groups excluding tert-OH is 1. The zero-order valence-corrected chi connectivity index (χ0v) is 65.2. The molecule has 0 aromatic carbocycles. The molecular weight excluding hydrogens is 1270 g/mol. The Morgan fingerprint density at radius 1 is 0.299 bits per heavy atom. The highest BCUT2D eigenvalue weighted by Crippen LogP contribution is 2.45. The van der Waals surface area contributed by atoms with E-state index in [0.29, 0.717) is 25.7 Å². The first kappa shape index (κ1) is 95.1. The molecule has 0 aliphatic carbocycles. The number of unbranched alkanes of at least 4 members (excludes halogenated alkanes) is 46. The Morgan fingerprint density at radius 3 is 0.784 bits per heavy atom. The molecule has 97 heavy (non-hydrogen) atoms. The van der Waals surface area contributed by atoms with Crippen molar-refractivity contribution < 1.29 is 80.2 Å². The molecule has 0 saturated heterocycles. The normalized spacial score (nSPS) is 14.2. The van der Waals surface area contributed by atoms with E-state index in [1.165, 1.54) is 225 Å². The van der Waals surface area contributed by atoms with E-state index in [2.05, 4.69) is 41.5 Å². The van der Waals surface area contributed by atoms with Crippen LogP contribution in [0.25, 0.3) is 0 Å². The molecule has 0 aliphatic rings. The number of hydrogen-bond acceptors (Lipinski definition) is 15. The summed E-state index contributed by atoms with van der Waals surface area (Å²) in [6, 6.07) is 0. The Labute approximate surface area is 594 Å². The number of phosphoric ester groups is 2. The van der Waals surface area contributed by atoms with Crippen LogP contribution in [0.5, 0.6) is 0 Å². The van der Waals surface area contributed by atoms with Gasteiger partial charge in [0.15, 0.2) is 12.2 Å². The molecule has 0 aliphatic heterocycles. The van der Waals surface area contributed by atoms with Crippen LogP contribution >= 0.6 is 15.6 Å². The second-order valence-electron chi connectivity index (χ2n) is 28.8. The van der Waals surface area contributed by atoms with Crippen LogP contribution in [0.4, 0.5) is 0 Å². The maximum Gasteiger partial charge on any atom is 0.472 e. The van der Waals surface area contributed by atoms with Crippen molar-refractivity contribution >= 4 is 39.5 Å². The number of rotatable bonds is 77. The van der Waals surface area contributed by atoms with E-state index in [4.69, 9.17) is 37.0 Å². The predicted octanol–water partition coefficient (Wildman–Crippen LogP) is 23.1. The fourth-order valence-electron chi connectivity index (χ4n) is 12.0. The number of ether oxygens (including phenoxy) is 4. The molecule has 576 valence electrons. The van der Waals surface area contributed by atoms with E-state index in [9.17, 15) is 43.2 Å². The van der Waals surface area contributed by atoms with Crippen LogP contribution in [-0.4, -0.2) is 96.7 Å². The van der Waals surface area contributed by atoms with Gasteiger partial charge in [-0.3, -0.25) is 37.3 Å². The second-order valence-corrected chi connectivity index (χ2v) is 31.7. The lowest BCUT2D eigenvalue weighted by molar-refractivity contribution is -0.161. The highest BCUT2D eigenvalue weighted by molar-refractivity contribution is 7.47. The molecule has 0 radical (unpaired) electrons. The highest BCUT2D eigenvalue weighted by atomic mass is 31.2. The van der Waals surface area contributed by atoms with Gasteiger partial charge in [0.25, 0.3) is 0 Å². The minimum Gasteiger partial charge on any atom is -0.462 e. The number of carbonyl (C=O) groups is 4. The fourth-order valence-corrected chi connectivity index (χ4v) is 13.6. The van der Waals surface area contributed by atoms with E-state index in [0.717, 1.165) is 102 Å². The van der Waals surface area contributed by atoms with Crippen molar-refractivity contribution in [3.8, 4) is 0 Å². The van der Waals surface area contributed by atoms with Gasteiger partial charge in [-0.25, -0.2) is 9.13 Å². The van der Waals surface area contributed by atoms with Gasteiger partial charge in [0.2, 0.25) is 0 Å². The molecule has 17 nitrogen and oxygen atoms in total. The predicted molar refractivity (Wildman–Crippen MR) is 395 cm³/mol. The van der Waals surface area contributed by atoms with Crippen LogP contribution in [0.15, 0.2) is 0 Å². The number of carbonyl (C=O) groups excluding carboxylic acids is 4. The summed E-state index contributed by atoms with van der Waals surface area (Å²) in [5, 5.41) is 10.6. The van der Waals surface area contributed by atoms with Crippen molar-refractivity contribution in [1.29, 1.82) is 0 Å². The number of phosphoric acid groups is 2. The van der Waals surface area contributed by atoms with Crippen LogP contribution in [0, 0.1) is 11.8 Å². The molecule has 0 aromatic heterocycles. The Balaban J connectivity index is 5.27. The quantitative estimate of drug-likeness (QED) is 0.0222. The van der Waals surface area contributed by atoms with Gasteiger partial charge in [-0.1, -0.05) is 356 Å². The molecule has 0 aromatic rings. The summed E-state index contributed by atoms with van der Waals surface area (Å²) >= 11 is 0. The topological polar surface area (TPSA) is 237 Å². The van der Waals surface area contributed by atoms with Crippen molar-refractivity contribution in [2.24, 2.45) is 11.8 Å². The van der Waals surface area contributed by atoms with Gasteiger partial charge in [-0.2, -0.15) is 0 Å². The molecule has 6 atom stereocenters. The maximum atomic E-state index is 13.1. The lowest BCUT2D eigenvalue weighted by Crippen LogP contribution is -2.30. The summed E-state index contributed by atoms with van der Waals surface area (Å²) in [6.45, 7) is 9.65. The second kappa shape index (κ2) is 69.8. The van der Waals surface area contributed by atoms with Crippen LogP contribution in [0.3, 0.4) is 0 Å². The van der Waals surface area contributed by atoms with Crippen molar-refractivity contribution in [1.82, 2.24) is 0 Å². The first-order chi connectivity index (χ1) is 46.9. The molecule has 19 heteroatoms. The minimum absolute atomic E-state index is 0.107. The average molecular weight is 1420 g/mol. The maximum absolute atomic E-state index is 13.1. The monoisotopic (exact) mass is 1420 g/mol. The van der Waals surface area contributed by atoms with Crippen molar-refractivity contribution in [2.45, 2.75) is 426 Å². The van der Waals surface area contributed by atoms with Crippen molar-refractivity contribution in [3.05, 3.63) is 0 Å². The van der Waals surface area contributed by atoms with Gasteiger partial charge < -0.3 is 33.8 Å². The Hall–Kier alpha value is -1.94. The Morgan fingerprint density at radius 2 is 0.526 bits per heavy atom. The van der Waals surface area contributed by atoms with Gasteiger partial charge in [0, 0.05) is 25.7 Å². The molecule has 3 N–H and O–H groups in total. The number of esters is 4.